The number of nitro benzene ring substituents is 1. The smallest absolute Gasteiger partial charge is 0.271 e. The maximum Gasteiger partial charge on any atom is 0.271 e. The summed E-state index contributed by atoms with van der Waals surface area (Å²) in [6, 6.07) is 6.01. The fraction of sp³-hybridized carbons (Fsp3) is 0.167. The third-order valence-electron chi connectivity index (χ3n) is 3.90. The molecule has 0 atom stereocenters. The lowest BCUT2D eigenvalue weighted by molar-refractivity contribution is -0.384. The second kappa shape index (κ2) is 8.36. The standard InChI is InChI=1S/C18H16N4O4S2/c1-3-7-21-17(24)13-6-8-27-16(13)20-18(21)28-10-15(23)19-14-9-12(22(25)26)5-4-11(14)2/h3-6,8-9H,1,7,10H2,2H3,(H,19,23). The second-order valence-electron chi connectivity index (χ2n) is 5.83. The van der Waals surface area contributed by atoms with E-state index in [9.17, 15) is 19.7 Å². The van der Waals surface area contributed by atoms with E-state index >= 15 is 0 Å². The summed E-state index contributed by atoms with van der Waals surface area (Å²) in [4.78, 5) is 40.4. The zero-order valence-electron chi connectivity index (χ0n) is 14.9. The van der Waals surface area contributed by atoms with Gasteiger partial charge in [-0.05, 0) is 23.9 Å². The molecule has 3 aromatic rings. The molecule has 0 aliphatic rings. The number of hydrogen-bond donors (Lipinski definition) is 1. The number of nitro groups is 1. The zero-order valence-corrected chi connectivity index (χ0v) is 16.5. The number of fused-ring (bicyclic) bond motifs is 1. The number of non-ortho nitro benzene ring substituents is 1. The topological polar surface area (TPSA) is 107 Å². The molecule has 1 N–H and O–H groups in total. The zero-order chi connectivity index (χ0) is 20.3. The van der Waals surface area contributed by atoms with E-state index in [0.717, 1.165) is 11.8 Å². The summed E-state index contributed by atoms with van der Waals surface area (Å²) in [7, 11) is 0. The van der Waals surface area contributed by atoms with Crippen molar-refractivity contribution in [1.82, 2.24) is 9.55 Å². The van der Waals surface area contributed by atoms with Crippen LogP contribution in [-0.4, -0.2) is 26.1 Å². The number of benzene rings is 1. The number of carbonyl (C=O) groups is 1. The summed E-state index contributed by atoms with van der Waals surface area (Å²) in [6.45, 7) is 5.69. The van der Waals surface area contributed by atoms with Crippen LogP contribution in [-0.2, 0) is 11.3 Å². The number of aryl methyl sites for hydroxylation is 1. The van der Waals surface area contributed by atoms with Gasteiger partial charge >= 0.3 is 0 Å². The molecule has 0 unspecified atom stereocenters. The molecule has 28 heavy (non-hydrogen) atoms. The number of nitrogens with zero attached hydrogens (tertiary/aromatic N) is 3. The minimum atomic E-state index is -0.516. The van der Waals surface area contributed by atoms with Crippen molar-refractivity contribution in [3.05, 3.63) is 68.3 Å². The summed E-state index contributed by atoms with van der Waals surface area (Å²) >= 11 is 2.49. The molecular formula is C18H16N4O4S2. The van der Waals surface area contributed by atoms with Gasteiger partial charge in [-0.2, -0.15) is 0 Å². The highest BCUT2D eigenvalue weighted by atomic mass is 32.2. The Kier molecular flexibility index (Phi) is 5.90. The van der Waals surface area contributed by atoms with E-state index in [1.165, 1.54) is 28.0 Å². The van der Waals surface area contributed by atoms with E-state index in [4.69, 9.17) is 0 Å². The Bertz CT molecular complexity index is 1140. The van der Waals surface area contributed by atoms with Crippen molar-refractivity contribution in [1.29, 1.82) is 0 Å². The average Bonchev–Trinajstić information content (AvgIpc) is 3.13. The van der Waals surface area contributed by atoms with Crippen molar-refractivity contribution in [3.8, 4) is 0 Å². The maximum atomic E-state index is 12.6. The lowest BCUT2D eigenvalue weighted by Gasteiger charge is -2.11. The van der Waals surface area contributed by atoms with Crippen LogP contribution in [0.3, 0.4) is 0 Å². The van der Waals surface area contributed by atoms with Crippen LogP contribution in [0.4, 0.5) is 11.4 Å². The monoisotopic (exact) mass is 416 g/mol. The second-order valence-corrected chi connectivity index (χ2v) is 7.67. The fourth-order valence-corrected chi connectivity index (χ4v) is 4.12. The molecule has 0 saturated heterocycles. The van der Waals surface area contributed by atoms with Crippen LogP contribution in [0.25, 0.3) is 10.2 Å². The van der Waals surface area contributed by atoms with Crippen LogP contribution in [0.2, 0.25) is 0 Å². The van der Waals surface area contributed by atoms with E-state index in [2.05, 4.69) is 16.9 Å². The molecule has 10 heteroatoms. The number of anilines is 1. The van der Waals surface area contributed by atoms with Gasteiger partial charge in [0, 0.05) is 18.7 Å². The van der Waals surface area contributed by atoms with E-state index in [1.807, 2.05) is 0 Å². The molecule has 0 aliphatic carbocycles. The predicted octanol–water partition coefficient (Wildman–Crippen LogP) is 3.59. The summed E-state index contributed by atoms with van der Waals surface area (Å²) in [5, 5.41) is 16.3. The summed E-state index contributed by atoms with van der Waals surface area (Å²) in [5.74, 6) is -0.345. The van der Waals surface area contributed by atoms with E-state index in [1.54, 1.807) is 30.5 Å². The highest BCUT2D eigenvalue weighted by Crippen LogP contribution is 2.24. The summed E-state index contributed by atoms with van der Waals surface area (Å²) < 4.78 is 1.47. The molecule has 0 radical (unpaired) electrons. The Hall–Kier alpha value is -2.98. The minimum Gasteiger partial charge on any atom is -0.325 e. The van der Waals surface area contributed by atoms with Gasteiger partial charge in [-0.1, -0.05) is 23.9 Å². The number of carbonyl (C=O) groups excluding carboxylic acids is 1. The summed E-state index contributed by atoms with van der Waals surface area (Å²) in [6.07, 6.45) is 1.60. The first kappa shape index (κ1) is 19.8. The van der Waals surface area contributed by atoms with Crippen LogP contribution in [0.15, 0.2) is 52.3 Å². The van der Waals surface area contributed by atoms with Crippen molar-refractivity contribution < 1.29 is 9.72 Å². The molecule has 8 nitrogen and oxygen atoms in total. The number of nitrogens with one attached hydrogen (secondary N) is 1. The summed E-state index contributed by atoms with van der Waals surface area (Å²) in [5.41, 5.74) is 0.817. The Labute approximate surface area is 168 Å². The van der Waals surface area contributed by atoms with Crippen LogP contribution in [0, 0.1) is 17.0 Å². The molecule has 0 spiro atoms. The highest BCUT2D eigenvalue weighted by Gasteiger charge is 2.15. The number of aromatic nitrogens is 2. The average molecular weight is 416 g/mol. The van der Waals surface area contributed by atoms with Crippen LogP contribution >= 0.6 is 23.1 Å². The van der Waals surface area contributed by atoms with Gasteiger partial charge in [-0.15, -0.1) is 17.9 Å². The van der Waals surface area contributed by atoms with Crippen LogP contribution in [0.1, 0.15) is 5.56 Å². The fourth-order valence-electron chi connectivity index (χ4n) is 2.51. The number of amides is 1. The first-order valence-corrected chi connectivity index (χ1v) is 10.0. The maximum absolute atomic E-state index is 12.6. The van der Waals surface area contributed by atoms with Gasteiger partial charge in [0.05, 0.1) is 21.7 Å². The largest absolute Gasteiger partial charge is 0.325 e. The lowest BCUT2D eigenvalue weighted by Crippen LogP contribution is -2.23. The Balaban J connectivity index is 1.79. The quantitative estimate of drug-likeness (QED) is 0.207. The lowest BCUT2D eigenvalue weighted by atomic mass is 10.2. The van der Waals surface area contributed by atoms with Crippen molar-refractivity contribution >= 4 is 50.6 Å². The van der Waals surface area contributed by atoms with Crippen LogP contribution < -0.4 is 10.9 Å². The van der Waals surface area contributed by atoms with E-state index < -0.39 is 4.92 Å². The Morgan fingerprint density at radius 1 is 1.46 bits per heavy atom. The van der Waals surface area contributed by atoms with E-state index in [0.29, 0.717) is 26.6 Å². The molecule has 0 aliphatic heterocycles. The molecule has 2 aromatic heterocycles. The molecular weight excluding hydrogens is 400 g/mol. The number of thiophene rings is 1. The molecule has 0 saturated carbocycles. The number of rotatable bonds is 7. The molecule has 1 aromatic carbocycles. The van der Waals surface area contributed by atoms with Gasteiger partial charge in [-0.3, -0.25) is 24.3 Å². The Morgan fingerprint density at radius 3 is 2.96 bits per heavy atom. The van der Waals surface area contributed by atoms with Crippen molar-refractivity contribution in [2.75, 3.05) is 11.1 Å². The Morgan fingerprint density at radius 2 is 2.25 bits per heavy atom. The first-order valence-electron chi connectivity index (χ1n) is 8.17. The van der Waals surface area contributed by atoms with Crippen molar-refractivity contribution in [2.24, 2.45) is 0 Å². The predicted molar refractivity (Wildman–Crippen MR) is 111 cm³/mol. The van der Waals surface area contributed by atoms with Crippen molar-refractivity contribution in [2.45, 2.75) is 18.6 Å². The van der Waals surface area contributed by atoms with Gasteiger partial charge in [-0.25, -0.2) is 4.98 Å². The van der Waals surface area contributed by atoms with Gasteiger partial charge in [0.2, 0.25) is 5.91 Å². The molecule has 0 fully saturated rings. The number of thioether (sulfide) groups is 1. The van der Waals surface area contributed by atoms with Gasteiger partial charge < -0.3 is 5.32 Å². The number of hydrogen-bond acceptors (Lipinski definition) is 7. The molecule has 2 heterocycles. The molecule has 3 rings (SSSR count). The molecule has 1 amide bonds. The molecule has 0 bridgehead atoms. The van der Waals surface area contributed by atoms with E-state index in [-0.39, 0.29) is 29.5 Å². The first-order chi connectivity index (χ1) is 13.4. The van der Waals surface area contributed by atoms with Gasteiger partial charge in [0.15, 0.2) is 5.16 Å². The van der Waals surface area contributed by atoms with Crippen molar-refractivity contribution in [3.63, 3.8) is 0 Å². The SMILES string of the molecule is C=CCn1c(SCC(=O)Nc2cc([N+](=O)[O-])ccc2C)nc2sccc2c1=O. The highest BCUT2D eigenvalue weighted by molar-refractivity contribution is 7.99. The van der Waals surface area contributed by atoms with Gasteiger partial charge in [0.25, 0.3) is 11.2 Å². The third-order valence-corrected chi connectivity index (χ3v) is 5.68. The third kappa shape index (κ3) is 4.12. The van der Waals surface area contributed by atoms with Gasteiger partial charge in [0.1, 0.15) is 4.83 Å². The number of allylic oxidation sites excluding steroid dienone is 1. The van der Waals surface area contributed by atoms with Crippen LogP contribution in [0.5, 0.6) is 0 Å². The molecule has 144 valence electrons. The normalized spacial score (nSPS) is 10.8. The minimum absolute atomic E-state index is 0.00258.